The standard InChI is InChI=1S/C49H96N2O4/c1-9-11-13-15-17-19-21-23-25-27-29-31-33-35-37-39-45(52)50-44(47(54)51-49(7,8)48(5,6)41-43(3)4)42-55-46(53)40-38-36-34-32-30-28-26-24-22-20-18-16-14-12-10-2/h43-44H,9-42H2,1-8H3,(H,50,52)(H,51,54). The Hall–Kier alpha value is -1.59. The van der Waals surface area contributed by atoms with Crippen molar-refractivity contribution in [2.24, 2.45) is 11.3 Å². The summed E-state index contributed by atoms with van der Waals surface area (Å²) in [5.74, 6) is -0.236. The molecule has 2 N–H and O–H groups in total. The Morgan fingerprint density at radius 2 is 0.818 bits per heavy atom. The summed E-state index contributed by atoms with van der Waals surface area (Å²) in [6.45, 7) is 17.2. The molecule has 0 rings (SSSR count). The molecule has 326 valence electrons. The van der Waals surface area contributed by atoms with E-state index in [1.807, 2.05) is 13.8 Å². The van der Waals surface area contributed by atoms with Crippen LogP contribution in [0.15, 0.2) is 0 Å². The molecule has 0 spiro atoms. The van der Waals surface area contributed by atoms with E-state index in [9.17, 15) is 14.4 Å². The molecule has 1 atom stereocenters. The van der Waals surface area contributed by atoms with Gasteiger partial charge in [-0.3, -0.25) is 14.4 Å². The lowest BCUT2D eigenvalue weighted by Gasteiger charge is -2.44. The molecule has 0 aliphatic rings. The molecule has 0 aliphatic heterocycles. The zero-order chi connectivity index (χ0) is 41.0. The van der Waals surface area contributed by atoms with Crippen molar-refractivity contribution in [2.45, 2.75) is 279 Å². The minimum Gasteiger partial charge on any atom is -0.463 e. The van der Waals surface area contributed by atoms with E-state index in [4.69, 9.17) is 4.74 Å². The van der Waals surface area contributed by atoms with Gasteiger partial charge in [0.25, 0.3) is 0 Å². The Balaban J connectivity index is 4.51. The number of amides is 2. The SMILES string of the molecule is CCCCCCCCCCCCCCCCCC(=O)NC(COC(=O)CCCCCCCCCCCCCCCCC)C(=O)NC(C)(C)C(C)(C)CC(C)C. The Morgan fingerprint density at radius 3 is 1.16 bits per heavy atom. The Bertz CT molecular complexity index is 915. The average molecular weight is 777 g/mol. The fraction of sp³-hybridized carbons (Fsp3) is 0.939. The fourth-order valence-corrected chi connectivity index (χ4v) is 7.84. The summed E-state index contributed by atoms with van der Waals surface area (Å²) in [4.78, 5) is 39.4. The maximum atomic E-state index is 13.6. The van der Waals surface area contributed by atoms with E-state index in [1.165, 1.54) is 154 Å². The van der Waals surface area contributed by atoms with Gasteiger partial charge >= 0.3 is 5.97 Å². The molecule has 2 amide bonds. The predicted octanol–water partition coefficient (Wildman–Crippen LogP) is 14.5. The number of unbranched alkanes of at least 4 members (excludes halogenated alkanes) is 28. The number of carbonyl (C=O) groups excluding carboxylic acids is 3. The fourth-order valence-electron chi connectivity index (χ4n) is 7.84. The van der Waals surface area contributed by atoms with E-state index >= 15 is 0 Å². The summed E-state index contributed by atoms with van der Waals surface area (Å²) in [7, 11) is 0. The van der Waals surface area contributed by atoms with Crippen molar-refractivity contribution in [3.05, 3.63) is 0 Å². The quantitative estimate of drug-likeness (QED) is 0.0479. The van der Waals surface area contributed by atoms with Crippen molar-refractivity contribution in [1.82, 2.24) is 10.6 Å². The zero-order valence-electron chi connectivity index (χ0n) is 38.3. The highest BCUT2D eigenvalue weighted by Crippen LogP contribution is 2.36. The minimum atomic E-state index is -0.900. The molecule has 0 aromatic heterocycles. The summed E-state index contributed by atoms with van der Waals surface area (Å²) in [6.07, 6.45) is 40.1. The number of ether oxygens (including phenoxy) is 1. The molecule has 1 unspecified atom stereocenters. The van der Waals surface area contributed by atoms with Gasteiger partial charge in [-0.2, -0.15) is 0 Å². The third-order valence-corrected chi connectivity index (χ3v) is 12.1. The van der Waals surface area contributed by atoms with Crippen LogP contribution in [0.3, 0.4) is 0 Å². The van der Waals surface area contributed by atoms with Gasteiger partial charge in [-0.15, -0.1) is 0 Å². The van der Waals surface area contributed by atoms with Crippen molar-refractivity contribution in [1.29, 1.82) is 0 Å². The molecule has 0 aromatic rings. The topological polar surface area (TPSA) is 84.5 Å². The van der Waals surface area contributed by atoms with Crippen molar-refractivity contribution >= 4 is 17.8 Å². The van der Waals surface area contributed by atoms with Crippen molar-refractivity contribution in [3.63, 3.8) is 0 Å². The second-order valence-corrected chi connectivity index (χ2v) is 18.8. The summed E-state index contributed by atoms with van der Waals surface area (Å²) >= 11 is 0. The highest BCUT2D eigenvalue weighted by molar-refractivity contribution is 5.88. The van der Waals surface area contributed by atoms with E-state index in [-0.39, 0.29) is 29.8 Å². The summed E-state index contributed by atoms with van der Waals surface area (Å²) < 4.78 is 5.63. The van der Waals surface area contributed by atoms with Gasteiger partial charge in [-0.25, -0.2) is 0 Å². The highest BCUT2D eigenvalue weighted by Gasteiger charge is 2.40. The molecule has 6 heteroatoms. The van der Waals surface area contributed by atoms with E-state index in [2.05, 4.69) is 52.2 Å². The summed E-state index contributed by atoms with van der Waals surface area (Å²) in [5.41, 5.74) is -0.674. The van der Waals surface area contributed by atoms with Crippen LogP contribution in [0.1, 0.15) is 267 Å². The van der Waals surface area contributed by atoms with Crippen LogP contribution in [0.25, 0.3) is 0 Å². The molecule has 0 aromatic carbocycles. The third-order valence-electron chi connectivity index (χ3n) is 12.1. The first-order chi connectivity index (χ1) is 26.4. The maximum absolute atomic E-state index is 13.6. The molecule has 0 bridgehead atoms. The van der Waals surface area contributed by atoms with Crippen LogP contribution >= 0.6 is 0 Å². The predicted molar refractivity (Wildman–Crippen MR) is 237 cm³/mol. The number of hydrogen-bond acceptors (Lipinski definition) is 4. The molecule has 0 saturated heterocycles. The normalized spacial score (nSPS) is 12.6. The van der Waals surface area contributed by atoms with Gasteiger partial charge in [0.05, 0.1) is 0 Å². The van der Waals surface area contributed by atoms with Crippen LogP contribution in [0.4, 0.5) is 0 Å². The van der Waals surface area contributed by atoms with E-state index in [0.29, 0.717) is 18.8 Å². The molecule has 6 nitrogen and oxygen atoms in total. The molecule has 0 saturated carbocycles. The summed E-state index contributed by atoms with van der Waals surface area (Å²) in [5, 5.41) is 6.14. The Morgan fingerprint density at radius 1 is 0.491 bits per heavy atom. The van der Waals surface area contributed by atoms with Gasteiger partial charge in [0.15, 0.2) is 0 Å². The zero-order valence-corrected chi connectivity index (χ0v) is 38.3. The second-order valence-electron chi connectivity index (χ2n) is 18.8. The lowest BCUT2D eigenvalue weighted by molar-refractivity contribution is -0.147. The second kappa shape index (κ2) is 35.6. The number of nitrogens with one attached hydrogen (secondary N) is 2. The van der Waals surface area contributed by atoms with Gasteiger partial charge in [0.1, 0.15) is 12.6 Å². The molecule has 0 radical (unpaired) electrons. The maximum Gasteiger partial charge on any atom is 0.305 e. The number of esters is 1. The van der Waals surface area contributed by atoms with Crippen LogP contribution in [-0.2, 0) is 19.1 Å². The van der Waals surface area contributed by atoms with Crippen molar-refractivity contribution < 1.29 is 19.1 Å². The van der Waals surface area contributed by atoms with Crippen LogP contribution in [0, 0.1) is 11.3 Å². The van der Waals surface area contributed by atoms with Gasteiger partial charge in [0.2, 0.25) is 11.8 Å². The summed E-state index contributed by atoms with van der Waals surface area (Å²) in [6, 6.07) is -0.900. The number of rotatable bonds is 40. The van der Waals surface area contributed by atoms with E-state index in [0.717, 1.165) is 44.9 Å². The van der Waals surface area contributed by atoms with Crippen LogP contribution in [0.2, 0.25) is 0 Å². The molecule has 0 aliphatic carbocycles. The van der Waals surface area contributed by atoms with Crippen molar-refractivity contribution in [3.8, 4) is 0 Å². The van der Waals surface area contributed by atoms with E-state index in [1.54, 1.807) is 0 Å². The smallest absolute Gasteiger partial charge is 0.305 e. The van der Waals surface area contributed by atoms with Gasteiger partial charge in [-0.1, -0.05) is 221 Å². The average Bonchev–Trinajstić information content (AvgIpc) is 3.12. The molecular weight excluding hydrogens is 681 g/mol. The van der Waals surface area contributed by atoms with Crippen LogP contribution < -0.4 is 10.6 Å². The first-order valence-electron chi connectivity index (χ1n) is 24.1. The highest BCUT2D eigenvalue weighted by atomic mass is 16.5. The number of carbonyl (C=O) groups is 3. The monoisotopic (exact) mass is 777 g/mol. The minimum absolute atomic E-state index is 0.130. The molecule has 0 fully saturated rings. The lowest BCUT2D eigenvalue weighted by Crippen LogP contribution is -2.60. The Labute approximate surface area is 343 Å². The van der Waals surface area contributed by atoms with Gasteiger partial charge < -0.3 is 15.4 Å². The molecule has 55 heavy (non-hydrogen) atoms. The molecular formula is C49H96N2O4. The van der Waals surface area contributed by atoms with Gasteiger partial charge in [0, 0.05) is 18.4 Å². The lowest BCUT2D eigenvalue weighted by atomic mass is 9.69. The largest absolute Gasteiger partial charge is 0.463 e. The molecule has 0 heterocycles. The van der Waals surface area contributed by atoms with Gasteiger partial charge in [-0.05, 0) is 44.4 Å². The third kappa shape index (κ3) is 32.1. The van der Waals surface area contributed by atoms with Crippen molar-refractivity contribution in [2.75, 3.05) is 6.61 Å². The first-order valence-corrected chi connectivity index (χ1v) is 24.1. The first kappa shape index (κ1) is 53.4. The Kier molecular flexibility index (Phi) is 34.5. The van der Waals surface area contributed by atoms with E-state index < -0.39 is 11.6 Å². The van der Waals surface area contributed by atoms with Crippen LogP contribution in [-0.4, -0.2) is 36.0 Å². The number of hydrogen-bond donors (Lipinski definition) is 2. The van der Waals surface area contributed by atoms with Crippen LogP contribution in [0.5, 0.6) is 0 Å².